The third-order valence-electron chi connectivity index (χ3n) is 22.5. The Labute approximate surface area is 526 Å². The Morgan fingerprint density at radius 1 is 0.371 bits per heavy atom. The van der Waals surface area contributed by atoms with Crippen molar-refractivity contribution >= 4 is 179 Å². The van der Waals surface area contributed by atoms with E-state index in [0.717, 1.165) is 18.6 Å². The van der Waals surface area contributed by atoms with Crippen LogP contribution in [0.1, 0.15) is 11.1 Å². The van der Waals surface area contributed by atoms with Gasteiger partial charge in [0.1, 0.15) is 0 Å². The van der Waals surface area contributed by atoms with Crippen LogP contribution in [0.15, 0.2) is 278 Å². The van der Waals surface area contributed by atoms with Gasteiger partial charge in [-0.15, -0.1) is 0 Å². The van der Waals surface area contributed by atoms with Crippen LogP contribution in [0, 0.1) is 13.8 Å². The number of anilines is 9. The molecule has 12 aromatic rings. The molecule has 4 fully saturated rings. The van der Waals surface area contributed by atoms with Crippen molar-refractivity contribution in [3.8, 4) is 33.4 Å². The normalized spacial score (nSPS) is 16.7. The van der Waals surface area contributed by atoms with Crippen molar-refractivity contribution in [1.29, 1.82) is 0 Å². The Kier molecular flexibility index (Phi) is 10.7. The van der Waals surface area contributed by atoms with Gasteiger partial charge in [-0.2, -0.15) is 0 Å². The number of benzene rings is 12. The summed E-state index contributed by atoms with van der Waals surface area (Å²) in [5.41, 5.74) is 35.5. The van der Waals surface area contributed by atoms with Crippen LogP contribution in [0.2, 0.25) is 0 Å². The molecule has 0 atom stereocenters. The number of fused-ring (bicyclic) bond motifs is 17. The molecule has 409 valence electrons. The van der Waals surface area contributed by atoms with E-state index in [-0.39, 0.29) is 14.4 Å². The predicted octanol–water partition coefficient (Wildman–Crippen LogP) is 10.2. The summed E-state index contributed by atoms with van der Waals surface area (Å²) < 4.78 is 5.78. The van der Waals surface area contributed by atoms with E-state index in [0.29, 0.717) is 27.2 Å². The molecule has 0 aliphatic carbocycles. The van der Waals surface area contributed by atoms with E-state index in [1.807, 2.05) is 0 Å². The van der Waals surface area contributed by atoms with Crippen LogP contribution in [0.4, 0.5) is 51.2 Å². The van der Waals surface area contributed by atoms with Crippen molar-refractivity contribution < 1.29 is 0 Å². The average Bonchev–Trinajstić information content (AvgIpc) is 1.43. The molecule has 0 unspecified atom stereocenters. The first kappa shape index (κ1) is 51.1. The Bertz CT molecular complexity index is 5110. The summed E-state index contributed by atoms with van der Waals surface area (Å²) in [5, 5.41) is 1.63. The summed E-state index contributed by atoms with van der Waals surface area (Å²) >= 11 is 0. The minimum atomic E-state index is -1.86. The molecule has 4 nitrogen and oxygen atoms in total. The first-order chi connectivity index (χ1) is 43.9. The van der Waals surface area contributed by atoms with E-state index in [2.05, 4.69) is 308 Å². The van der Waals surface area contributed by atoms with Gasteiger partial charge in [-0.3, -0.25) is 0 Å². The Balaban J connectivity index is 0.0000000950. The van der Waals surface area contributed by atoms with Gasteiger partial charge in [0.2, 0.25) is 13.4 Å². The van der Waals surface area contributed by atoms with Crippen molar-refractivity contribution in [3.63, 3.8) is 0 Å². The fourth-order valence-corrected chi connectivity index (χ4v) is 30.2. The monoisotopic (exact) mass is 1160 g/mol. The van der Waals surface area contributed by atoms with E-state index >= 15 is 0 Å². The molecule has 4 saturated heterocycles. The molecule has 10 aliphatic rings. The van der Waals surface area contributed by atoms with E-state index < -0.39 is 6.39 Å². The third kappa shape index (κ3) is 7.18. The van der Waals surface area contributed by atoms with E-state index in [1.54, 1.807) is 5.30 Å². The Morgan fingerprint density at radius 2 is 0.764 bits per heavy atom. The fourth-order valence-electron chi connectivity index (χ4n) is 17.7. The number of para-hydroxylation sites is 4. The van der Waals surface area contributed by atoms with Gasteiger partial charge in [0.25, 0.3) is 0 Å². The quantitative estimate of drug-likeness (QED) is 0.127. The Hall–Kier alpha value is -8.85. The van der Waals surface area contributed by atoms with Crippen LogP contribution in [0.25, 0.3) is 33.4 Å². The van der Waals surface area contributed by atoms with E-state index in [9.17, 15) is 0 Å². The molecule has 0 aromatic heterocycles. The standard InChI is InChI=1S/2C25H18BN.C24H19B7N2P2/c1-17-13-15-18(16-14-17)27-23-11-5-4-10-22(23)26-21-9-3-2-7-19(21)20-8-6-12-24(27)25(20)26;1-17-9-7-15-22-25(17)27(18-10-3-2-4-11-18)23-16-8-13-20-19-12-5-6-14-21(19)26(22)24(20)23;1-2-11-20-18(9-1)19-10-6-14-23-24(19)28(20)21-12-3-4-13-22(21)33(23)16-7-5-8-17(15-16)35(26-29(35)27-35)32-34-30-25-31(30)34/h2*2-16H,1H3;1-15H,25-26H2/q;;-1. The summed E-state index contributed by atoms with van der Waals surface area (Å²) in [6.07, 6.45) is 1.41. The van der Waals surface area contributed by atoms with Crippen molar-refractivity contribution in [3.05, 3.63) is 284 Å². The molecule has 1 radical (unpaired) electrons. The molecule has 0 saturated carbocycles. The van der Waals surface area contributed by atoms with E-state index in [1.165, 1.54) is 145 Å². The molecule has 10 aliphatic heterocycles. The SMILES string of the molecule is Cc1ccc(N2c3ccccc3B3c4ccccc4-c4cccc2c43)cc1.Cc1cccc2c1N(c1ccccc1)c1cccc3c1B2c1ccccc1-3.[B]1B2[BH2-]P12(N=[P+]1B2[BH2-]B21)c1cccc(N2c3ccccc3B3c4ccccc4-c4cccc2c43)c1. The van der Waals surface area contributed by atoms with Gasteiger partial charge >= 0.3 is 210 Å². The van der Waals surface area contributed by atoms with E-state index in [4.69, 9.17) is 4.52 Å². The van der Waals surface area contributed by atoms with Gasteiger partial charge in [0.05, 0.1) is 0 Å². The van der Waals surface area contributed by atoms with Crippen LogP contribution < -0.4 is 69.2 Å². The number of rotatable bonds is 5. The molecule has 0 N–H and O–H groups in total. The van der Waals surface area contributed by atoms with Crippen molar-refractivity contribution in [2.24, 2.45) is 4.52 Å². The van der Waals surface area contributed by atoms with Gasteiger partial charge in [0.15, 0.2) is 0 Å². The summed E-state index contributed by atoms with van der Waals surface area (Å²) in [7, 11) is 0.577. The van der Waals surface area contributed by atoms with Crippen molar-refractivity contribution in [2.45, 2.75) is 13.8 Å². The average molecular weight is 1160 g/mol. The van der Waals surface area contributed by atoms with Crippen LogP contribution in [0.5, 0.6) is 0 Å². The molecule has 89 heavy (non-hydrogen) atoms. The zero-order valence-electron chi connectivity index (χ0n) is 50.2. The maximum absolute atomic E-state index is 5.78. The van der Waals surface area contributed by atoms with Crippen LogP contribution in [0.3, 0.4) is 0 Å². The molecule has 10 heterocycles. The number of nitrogens with zero attached hydrogens (tertiary/aromatic N) is 4. The zero-order chi connectivity index (χ0) is 58.5. The molecule has 0 spiro atoms. The van der Waals surface area contributed by atoms with Gasteiger partial charge in [0, 0.05) is 34.1 Å². The second-order valence-electron chi connectivity index (χ2n) is 27.2. The molecule has 0 bridgehead atoms. The Morgan fingerprint density at radius 3 is 1.28 bits per heavy atom. The number of hydrogen-bond donors (Lipinski definition) is 0. The molecule has 0 amide bonds. The molecule has 12 aromatic carbocycles. The minimum absolute atomic E-state index is 0.117. The van der Waals surface area contributed by atoms with Gasteiger partial charge < -0.3 is 9.80 Å². The second-order valence-corrected chi connectivity index (χ2v) is 35.8. The van der Waals surface area contributed by atoms with Gasteiger partial charge in [-0.05, 0) is 106 Å². The molecular weight excluding hydrogens is 1100 g/mol. The van der Waals surface area contributed by atoms with Gasteiger partial charge in [-0.1, -0.05) is 156 Å². The summed E-state index contributed by atoms with van der Waals surface area (Å²) in [6, 6.07) is 101. The topological polar surface area (TPSA) is 22.1 Å². The third-order valence-corrected chi connectivity index (χ3v) is 33.8. The maximum atomic E-state index is 5.78. The number of hydrogen-bond acceptors (Lipinski definition) is 4. The summed E-state index contributed by atoms with van der Waals surface area (Å²) in [5.74, 6) is 0. The van der Waals surface area contributed by atoms with Gasteiger partial charge in [-0.25, -0.2) is 0 Å². The number of aryl methyl sites for hydroxylation is 2. The first-order valence-corrected chi connectivity index (χ1v) is 36.7. The summed E-state index contributed by atoms with van der Waals surface area (Å²) in [6.45, 7) is 8.20. The zero-order valence-corrected chi connectivity index (χ0v) is 52.0. The fraction of sp³-hybridized carbons (Fsp3) is 0.0270. The van der Waals surface area contributed by atoms with Crippen LogP contribution in [-0.4, -0.2) is 59.6 Å². The summed E-state index contributed by atoms with van der Waals surface area (Å²) in [4.78, 5) is 7.44. The van der Waals surface area contributed by atoms with Crippen LogP contribution in [-0.2, 0) is 0 Å². The second kappa shape index (κ2) is 18.6. The van der Waals surface area contributed by atoms with Crippen molar-refractivity contribution in [1.82, 2.24) is 0 Å². The first-order valence-electron chi connectivity index (χ1n) is 32.5. The van der Waals surface area contributed by atoms with Crippen LogP contribution >= 0.6 is 13.9 Å². The van der Waals surface area contributed by atoms with Crippen molar-refractivity contribution in [2.75, 3.05) is 14.7 Å². The predicted molar refractivity (Wildman–Crippen MR) is 399 cm³/mol. The molecular formula is C74H55B9N4P2-. The molecule has 15 heteroatoms. The molecule has 22 rings (SSSR count).